The fraction of sp³-hybridized carbons (Fsp3) is 0.200. The SMILES string of the molecule is CSc1ccc(C2CC(=O)Nc3c2cnn3-c2cccc(Cl)c2C)cc1. The minimum absolute atomic E-state index is 0.00197. The van der Waals surface area contributed by atoms with Crippen LogP contribution >= 0.6 is 23.4 Å². The molecule has 1 unspecified atom stereocenters. The Balaban J connectivity index is 1.81. The number of rotatable bonds is 3. The largest absolute Gasteiger partial charge is 0.310 e. The molecule has 1 N–H and O–H groups in total. The standard InChI is InChI=1S/C20H18ClN3OS/c1-12-17(21)4-3-5-18(12)24-20-16(11-22-24)15(10-19(25)23-20)13-6-8-14(26-2)9-7-13/h3-9,11,15H,10H2,1-2H3,(H,23,25). The van der Waals surface area contributed by atoms with Crippen LogP contribution < -0.4 is 5.32 Å². The molecular formula is C20H18ClN3OS. The van der Waals surface area contributed by atoms with E-state index in [2.05, 4.69) is 40.9 Å². The van der Waals surface area contributed by atoms with Crippen LogP contribution in [0.25, 0.3) is 5.69 Å². The maximum absolute atomic E-state index is 12.4. The molecule has 26 heavy (non-hydrogen) atoms. The third-order valence-electron chi connectivity index (χ3n) is 4.81. The number of nitrogens with zero attached hydrogens (tertiary/aromatic N) is 2. The summed E-state index contributed by atoms with van der Waals surface area (Å²) in [5.41, 5.74) is 3.96. The van der Waals surface area contributed by atoms with E-state index in [4.69, 9.17) is 11.6 Å². The number of thioether (sulfide) groups is 1. The van der Waals surface area contributed by atoms with E-state index in [9.17, 15) is 4.79 Å². The van der Waals surface area contributed by atoms with Crippen molar-refractivity contribution in [3.05, 3.63) is 70.4 Å². The van der Waals surface area contributed by atoms with Gasteiger partial charge in [-0.3, -0.25) is 4.79 Å². The summed E-state index contributed by atoms with van der Waals surface area (Å²) >= 11 is 7.97. The second-order valence-corrected chi connectivity index (χ2v) is 7.61. The van der Waals surface area contributed by atoms with Gasteiger partial charge in [0.1, 0.15) is 5.82 Å². The van der Waals surface area contributed by atoms with Crippen molar-refractivity contribution in [2.45, 2.75) is 24.2 Å². The number of hydrogen-bond donors (Lipinski definition) is 1. The molecule has 4 rings (SSSR count). The fourth-order valence-corrected chi connectivity index (χ4v) is 3.94. The zero-order valence-electron chi connectivity index (χ0n) is 14.5. The Morgan fingerprint density at radius 1 is 1.23 bits per heavy atom. The number of nitrogens with one attached hydrogen (secondary N) is 1. The van der Waals surface area contributed by atoms with Crippen molar-refractivity contribution in [2.75, 3.05) is 11.6 Å². The number of benzene rings is 2. The maximum atomic E-state index is 12.4. The smallest absolute Gasteiger partial charge is 0.226 e. The Hall–Kier alpha value is -2.24. The molecule has 1 aliphatic heterocycles. The normalized spacial score (nSPS) is 16.3. The Bertz CT molecular complexity index is 981. The zero-order valence-corrected chi connectivity index (χ0v) is 16.1. The summed E-state index contributed by atoms with van der Waals surface area (Å²) in [6.07, 6.45) is 4.33. The first kappa shape index (κ1) is 17.2. The van der Waals surface area contributed by atoms with Gasteiger partial charge >= 0.3 is 0 Å². The van der Waals surface area contributed by atoms with E-state index in [0.29, 0.717) is 11.4 Å². The van der Waals surface area contributed by atoms with Gasteiger partial charge in [0.05, 0.1) is 11.9 Å². The number of carbonyl (C=O) groups is 1. The first-order chi connectivity index (χ1) is 12.6. The molecule has 132 valence electrons. The van der Waals surface area contributed by atoms with Crippen LogP contribution in [-0.2, 0) is 4.79 Å². The van der Waals surface area contributed by atoms with Gasteiger partial charge in [-0.15, -0.1) is 11.8 Å². The highest BCUT2D eigenvalue weighted by Crippen LogP contribution is 2.39. The maximum Gasteiger partial charge on any atom is 0.226 e. The van der Waals surface area contributed by atoms with Crippen LogP contribution in [0.3, 0.4) is 0 Å². The highest BCUT2D eigenvalue weighted by atomic mass is 35.5. The van der Waals surface area contributed by atoms with Crippen molar-refractivity contribution in [3.63, 3.8) is 0 Å². The molecule has 0 fully saturated rings. The first-order valence-corrected chi connectivity index (χ1v) is 9.96. The van der Waals surface area contributed by atoms with Crippen LogP contribution in [0.2, 0.25) is 5.02 Å². The molecule has 0 bridgehead atoms. The quantitative estimate of drug-likeness (QED) is 0.645. The van der Waals surface area contributed by atoms with Crippen LogP contribution in [0.4, 0.5) is 5.82 Å². The van der Waals surface area contributed by atoms with E-state index in [1.54, 1.807) is 16.4 Å². The number of anilines is 1. The van der Waals surface area contributed by atoms with E-state index < -0.39 is 0 Å². The summed E-state index contributed by atoms with van der Waals surface area (Å²) in [6.45, 7) is 1.95. The summed E-state index contributed by atoms with van der Waals surface area (Å²) in [7, 11) is 0. The van der Waals surface area contributed by atoms with E-state index >= 15 is 0 Å². The number of hydrogen-bond acceptors (Lipinski definition) is 3. The van der Waals surface area contributed by atoms with Gasteiger partial charge in [-0.25, -0.2) is 4.68 Å². The van der Waals surface area contributed by atoms with E-state index in [0.717, 1.165) is 28.2 Å². The molecule has 0 saturated carbocycles. The van der Waals surface area contributed by atoms with Gasteiger partial charge < -0.3 is 5.32 Å². The van der Waals surface area contributed by atoms with E-state index in [1.807, 2.05) is 31.3 Å². The molecule has 2 aromatic carbocycles. The Kier molecular flexibility index (Phi) is 4.51. The molecule has 1 aromatic heterocycles. The van der Waals surface area contributed by atoms with Gasteiger partial charge in [0.25, 0.3) is 0 Å². The zero-order chi connectivity index (χ0) is 18.3. The van der Waals surface area contributed by atoms with Crippen molar-refractivity contribution in [1.82, 2.24) is 9.78 Å². The van der Waals surface area contributed by atoms with E-state index in [1.165, 1.54) is 4.90 Å². The van der Waals surface area contributed by atoms with Crippen LogP contribution in [-0.4, -0.2) is 21.9 Å². The number of amides is 1. The highest BCUT2D eigenvalue weighted by Gasteiger charge is 2.30. The van der Waals surface area contributed by atoms with Gasteiger partial charge in [-0.05, 0) is 48.6 Å². The molecule has 1 atom stereocenters. The molecule has 4 nitrogen and oxygen atoms in total. The lowest BCUT2D eigenvalue weighted by Crippen LogP contribution is -2.24. The third-order valence-corrected chi connectivity index (χ3v) is 5.96. The monoisotopic (exact) mass is 383 g/mol. The minimum Gasteiger partial charge on any atom is -0.310 e. The molecule has 3 aromatic rings. The van der Waals surface area contributed by atoms with Crippen molar-refractivity contribution in [1.29, 1.82) is 0 Å². The topological polar surface area (TPSA) is 46.9 Å². The average molecular weight is 384 g/mol. The van der Waals surface area contributed by atoms with Gasteiger partial charge in [0, 0.05) is 27.8 Å². The number of aromatic nitrogens is 2. The lowest BCUT2D eigenvalue weighted by molar-refractivity contribution is -0.116. The third kappa shape index (κ3) is 2.91. The van der Waals surface area contributed by atoms with Crippen LogP contribution in [0.5, 0.6) is 0 Å². The molecule has 1 aliphatic rings. The number of fused-ring (bicyclic) bond motifs is 1. The second kappa shape index (κ2) is 6.82. The minimum atomic E-state index is -0.00197. The predicted molar refractivity (Wildman–Crippen MR) is 107 cm³/mol. The molecule has 0 saturated heterocycles. The number of halogens is 1. The van der Waals surface area contributed by atoms with Crippen molar-refractivity contribution in [3.8, 4) is 5.69 Å². The molecule has 0 spiro atoms. The Morgan fingerprint density at radius 3 is 2.73 bits per heavy atom. The summed E-state index contributed by atoms with van der Waals surface area (Å²) in [6, 6.07) is 14.1. The summed E-state index contributed by atoms with van der Waals surface area (Å²) < 4.78 is 1.77. The molecular weight excluding hydrogens is 366 g/mol. The first-order valence-electron chi connectivity index (χ1n) is 8.35. The molecule has 1 amide bonds. The van der Waals surface area contributed by atoms with Crippen LogP contribution in [0.15, 0.2) is 53.6 Å². The average Bonchev–Trinajstić information content (AvgIpc) is 3.07. The second-order valence-electron chi connectivity index (χ2n) is 6.32. The van der Waals surface area contributed by atoms with Crippen molar-refractivity contribution in [2.24, 2.45) is 0 Å². The lowest BCUT2D eigenvalue weighted by atomic mass is 9.87. The summed E-state index contributed by atoms with van der Waals surface area (Å²) in [5, 5.41) is 8.22. The van der Waals surface area contributed by atoms with Crippen molar-refractivity contribution < 1.29 is 4.79 Å². The van der Waals surface area contributed by atoms with Crippen LogP contribution in [0, 0.1) is 6.92 Å². The Labute approximate surface area is 161 Å². The molecule has 0 radical (unpaired) electrons. The van der Waals surface area contributed by atoms with E-state index in [-0.39, 0.29) is 11.8 Å². The summed E-state index contributed by atoms with van der Waals surface area (Å²) in [4.78, 5) is 13.6. The highest BCUT2D eigenvalue weighted by molar-refractivity contribution is 7.98. The summed E-state index contributed by atoms with van der Waals surface area (Å²) in [5.74, 6) is 0.728. The molecule has 6 heteroatoms. The van der Waals surface area contributed by atoms with Gasteiger partial charge in [-0.1, -0.05) is 29.8 Å². The molecule has 2 heterocycles. The van der Waals surface area contributed by atoms with Crippen LogP contribution in [0.1, 0.15) is 29.0 Å². The number of carbonyl (C=O) groups excluding carboxylic acids is 1. The van der Waals surface area contributed by atoms with Gasteiger partial charge in [0.2, 0.25) is 5.91 Å². The van der Waals surface area contributed by atoms with Crippen molar-refractivity contribution >= 4 is 35.1 Å². The molecule has 0 aliphatic carbocycles. The predicted octanol–water partition coefficient (Wildman–Crippen LogP) is 5.03. The van der Waals surface area contributed by atoms with Gasteiger partial charge in [-0.2, -0.15) is 5.10 Å². The fourth-order valence-electron chi connectivity index (χ4n) is 3.36. The van der Waals surface area contributed by atoms with Gasteiger partial charge in [0.15, 0.2) is 0 Å². The Morgan fingerprint density at radius 2 is 2.00 bits per heavy atom. The lowest BCUT2D eigenvalue weighted by Gasteiger charge is -2.24.